The van der Waals surface area contributed by atoms with Crippen LogP contribution in [0.15, 0.2) is 18.2 Å². The molecule has 0 aliphatic carbocycles. The van der Waals surface area contributed by atoms with Crippen LogP contribution in [0.2, 0.25) is 0 Å². The first-order valence-electron chi connectivity index (χ1n) is 4.01. The van der Waals surface area contributed by atoms with Gasteiger partial charge in [-0.05, 0) is 24.1 Å². The van der Waals surface area contributed by atoms with Crippen LogP contribution in [0.3, 0.4) is 0 Å². The number of aryl methyl sites for hydroxylation is 1. The van der Waals surface area contributed by atoms with Gasteiger partial charge < -0.3 is 0 Å². The van der Waals surface area contributed by atoms with E-state index < -0.39 is 0 Å². The molecule has 0 N–H and O–H groups in total. The number of rotatable bonds is 1. The molecular weight excluding hydrogens is 166 g/mol. The second-order valence-electron chi connectivity index (χ2n) is 2.76. The first kappa shape index (κ1) is 7.74. The molecule has 2 aromatic rings. The third-order valence-corrected chi connectivity index (χ3v) is 2.80. The molecule has 1 aromatic heterocycles. The van der Waals surface area contributed by atoms with Gasteiger partial charge in [-0.3, -0.25) is 0 Å². The summed E-state index contributed by atoms with van der Waals surface area (Å²) in [7, 11) is 0. The third-order valence-electron chi connectivity index (χ3n) is 1.90. The molecule has 2 rings (SSSR count). The van der Waals surface area contributed by atoms with Gasteiger partial charge in [0.05, 0.1) is 15.2 Å². The van der Waals surface area contributed by atoms with Crippen LogP contribution in [0.5, 0.6) is 0 Å². The number of hydrogen-bond donors (Lipinski definition) is 0. The molecular formula is C10H10NS. The highest BCUT2D eigenvalue weighted by molar-refractivity contribution is 7.18. The van der Waals surface area contributed by atoms with E-state index in [0.29, 0.717) is 0 Å². The largest absolute Gasteiger partial charge is 0.241 e. The van der Waals surface area contributed by atoms with Crippen LogP contribution in [-0.4, -0.2) is 4.98 Å². The molecule has 0 saturated carbocycles. The van der Waals surface area contributed by atoms with Gasteiger partial charge in [0.15, 0.2) is 0 Å². The van der Waals surface area contributed by atoms with Crippen LogP contribution in [0.1, 0.15) is 17.5 Å². The lowest BCUT2D eigenvalue weighted by molar-refractivity contribution is 1.14. The fourth-order valence-electron chi connectivity index (χ4n) is 1.24. The SMILES string of the molecule is [CH2]c1nc2cc(CC)ccc2s1. The van der Waals surface area contributed by atoms with Crippen molar-refractivity contribution in [2.45, 2.75) is 13.3 Å². The quantitative estimate of drug-likeness (QED) is 0.650. The van der Waals surface area contributed by atoms with Crippen LogP contribution in [0.25, 0.3) is 10.2 Å². The third kappa shape index (κ3) is 1.23. The molecule has 0 fully saturated rings. The van der Waals surface area contributed by atoms with E-state index in [-0.39, 0.29) is 0 Å². The summed E-state index contributed by atoms with van der Waals surface area (Å²) in [4.78, 5) is 4.33. The summed E-state index contributed by atoms with van der Waals surface area (Å²) in [5.41, 5.74) is 2.43. The number of aromatic nitrogens is 1. The van der Waals surface area contributed by atoms with Crippen molar-refractivity contribution in [3.63, 3.8) is 0 Å². The molecule has 0 unspecified atom stereocenters. The Hall–Kier alpha value is -0.890. The van der Waals surface area contributed by atoms with E-state index in [1.165, 1.54) is 10.3 Å². The molecule has 0 aliphatic heterocycles. The lowest BCUT2D eigenvalue weighted by atomic mass is 10.2. The molecule has 1 radical (unpaired) electrons. The topological polar surface area (TPSA) is 12.9 Å². The zero-order chi connectivity index (χ0) is 8.55. The molecule has 2 heteroatoms. The average molecular weight is 176 g/mol. The Bertz CT molecular complexity index is 403. The summed E-state index contributed by atoms with van der Waals surface area (Å²) in [5.74, 6) is 0. The molecule has 0 amide bonds. The summed E-state index contributed by atoms with van der Waals surface area (Å²) in [6, 6.07) is 6.42. The first-order chi connectivity index (χ1) is 5.79. The van der Waals surface area contributed by atoms with Gasteiger partial charge in [0.1, 0.15) is 0 Å². The van der Waals surface area contributed by atoms with Gasteiger partial charge in [0.25, 0.3) is 0 Å². The summed E-state index contributed by atoms with van der Waals surface area (Å²) in [6.45, 7) is 5.97. The maximum Gasteiger partial charge on any atom is 0.0942 e. The van der Waals surface area contributed by atoms with Crippen molar-refractivity contribution in [1.29, 1.82) is 0 Å². The smallest absolute Gasteiger partial charge is 0.0942 e. The predicted molar refractivity (Wildman–Crippen MR) is 53.5 cm³/mol. The van der Waals surface area contributed by atoms with E-state index in [4.69, 9.17) is 0 Å². The Balaban J connectivity index is 2.66. The van der Waals surface area contributed by atoms with E-state index in [1.54, 1.807) is 11.3 Å². The Kier molecular flexibility index (Phi) is 1.85. The van der Waals surface area contributed by atoms with E-state index in [0.717, 1.165) is 16.9 Å². The van der Waals surface area contributed by atoms with Gasteiger partial charge in [0.2, 0.25) is 0 Å². The number of benzene rings is 1. The van der Waals surface area contributed by atoms with Gasteiger partial charge in [-0.15, -0.1) is 11.3 Å². The highest BCUT2D eigenvalue weighted by atomic mass is 32.1. The molecule has 0 bridgehead atoms. The predicted octanol–water partition coefficient (Wildman–Crippen LogP) is 3.04. The number of nitrogens with zero attached hydrogens (tertiary/aromatic N) is 1. The number of hydrogen-bond acceptors (Lipinski definition) is 2. The second-order valence-corrected chi connectivity index (χ2v) is 3.88. The van der Waals surface area contributed by atoms with Crippen molar-refractivity contribution in [3.8, 4) is 0 Å². The Morgan fingerprint density at radius 3 is 3.08 bits per heavy atom. The van der Waals surface area contributed by atoms with Crippen LogP contribution in [0.4, 0.5) is 0 Å². The maximum atomic E-state index is 4.33. The molecule has 0 atom stereocenters. The van der Waals surface area contributed by atoms with Crippen molar-refractivity contribution < 1.29 is 0 Å². The summed E-state index contributed by atoms with van der Waals surface area (Å²) in [6.07, 6.45) is 1.07. The van der Waals surface area contributed by atoms with Crippen molar-refractivity contribution in [1.82, 2.24) is 4.98 Å². The highest BCUT2D eigenvalue weighted by Gasteiger charge is 1.99. The van der Waals surface area contributed by atoms with E-state index >= 15 is 0 Å². The van der Waals surface area contributed by atoms with Crippen LogP contribution in [0, 0.1) is 6.92 Å². The second kappa shape index (κ2) is 2.87. The summed E-state index contributed by atoms with van der Waals surface area (Å²) >= 11 is 1.65. The molecule has 0 spiro atoms. The monoisotopic (exact) mass is 176 g/mol. The van der Waals surface area contributed by atoms with Crippen molar-refractivity contribution in [3.05, 3.63) is 35.7 Å². The van der Waals surface area contributed by atoms with Gasteiger partial charge in [-0.2, -0.15) is 0 Å². The molecule has 0 saturated heterocycles. The lowest BCUT2D eigenvalue weighted by Gasteiger charge is -1.93. The van der Waals surface area contributed by atoms with Crippen LogP contribution >= 0.6 is 11.3 Å². The fourth-order valence-corrected chi connectivity index (χ4v) is 1.98. The highest BCUT2D eigenvalue weighted by Crippen LogP contribution is 2.22. The van der Waals surface area contributed by atoms with Gasteiger partial charge in [-0.1, -0.05) is 13.0 Å². The van der Waals surface area contributed by atoms with Crippen molar-refractivity contribution in [2.75, 3.05) is 0 Å². The molecule has 61 valence electrons. The van der Waals surface area contributed by atoms with Crippen LogP contribution in [-0.2, 0) is 6.42 Å². The first-order valence-corrected chi connectivity index (χ1v) is 4.82. The lowest BCUT2D eigenvalue weighted by Crippen LogP contribution is -1.78. The van der Waals surface area contributed by atoms with Gasteiger partial charge in [0, 0.05) is 6.92 Å². The zero-order valence-corrected chi connectivity index (χ0v) is 7.82. The Morgan fingerprint density at radius 2 is 2.33 bits per heavy atom. The minimum Gasteiger partial charge on any atom is -0.241 e. The standard InChI is InChI=1S/C10H10NS/c1-3-8-4-5-10-9(6-8)11-7(2)12-10/h4-6H,2-3H2,1H3. The van der Waals surface area contributed by atoms with Gasteiger partial charge in [-0.25, -0.2) is 4.98 Å². The summed E-state index contributed by atoms with van der Waals surface area (Å²) in [5, 5.41) is 0.901. The summed E-state index contributed by atoms with van der Waals surface area (Å²) < 4.78 is 1.23. The molecule has 1 heterocycles. The minimum absolute atomic E-state index is 0.901. The average Bonchev–Trinajstić information content (AvgIpc) is 2.43. The van der Waals surface area contributed by atoms with E-state index in [9.17, 15) is 0 Å². The fraction of sp³-hybridized carbons (Fsp3) is 0.200. The molecule has 0 aliphatic rings. The Labute approximate surface area is 76.1 Å². The number of fused-ring (bicyclic) bond motifs is 1. The minimum atomic E-state index is 0.901. The number of thiazole rings is 1. The Morgan fingerprint density at radius 1 is 1.50 bits per heavy atom. The zero-order valence-electron chi connectivity index (χ0n) is 7.00. The molecule has 12 heavy (non-hydrogen) atoms. The van der Waals surface area contributed by atoms with E-state index in [2.05, 4.69) is 37.0 Å². The molecule has 1 nitrogen and oxygen atoms in total. The van der Waals surface area contributed by atoms with Gasteiger partial charge >= 0.3 is 0 Å². The maximum absolute atomic E-state index is 4.33. The normalized spacial score (nSPS) is 10.8. The van der Waals surface area contributed by atoms with Crippen LogP contribution < -0.4 is 0 Å². The molecule has 1 aromatic carbocycles. The van der Waals surface area contributed by atoms with Crippen molar-refractivity contribution >= 4 is 21.6 Å². The van der Waals surface area contributed by atoms with E-state index in [1.807, 2.05) is 0 Å². The van der Waals surface area contributed by atoms with Crippen molar-refractivity contribution in [2.24, 2.45) is 0 Å².